The summed E-state index contributed by atoms with van der Waals surface area (Å²) in [5.41, 5.74) is 0. The van der Waals surface area contributed by atoms with Crippen molar-refractivity contribution in [1.29, 1.82) is 0 Å². The summed E-state index contributed by atoms with van der Waals surface area (Å²) in [5, 5.41) is 5.69. The second kappa shape index (κ2) is 6.29. The van der Waals surface area contributed by atoms with Crippen molar-refractivity contribution in [2.75, 3.05) is 40.3 Å². The van der Waals surface area contributed by atoms with E-state index in [0.29, 0.717) is 6.04 Å². The molecule has 0 aliphatic carbocycles. The van der Waals surface area contributed by atoms with E-state index in [2.05, 4.69) is 56.6 Å². The lowest BCUT2D eigenvalue weighted by molar-refractivity contribution is 0.113. The molecule has 1 aromatic heterocycles. The van der Waals surface area contributed by atoms with Crippen LogP contribution in [0.5, 0.6) is 0 Å². The molecule has 96 valence electrons. The zero-order valence-corrected chi connectivity index (χ0v) is 12.9. The molecule has 1 unspecified atom stereocenters. The van der Waals surface area contributed by atoms with Gasteiger partial charge in [-0.05, 0) is 41.5 Å². The molecule has 1 fully saturated rings. The summed E-state index contributed by atoms with van der Waals surface area (Å²) in [6.45, 7) is 5.54. The van der Waals surface area contributed by atoms with Gasteiger partial charge in [0.15, 0.2) is 0 Å². The fourth-order valence-corrected chi connectivity index (χ4v) is 3.59. The highest BCUT2D eigenvalue weighted by Crippen LogP contribution is 2.22. The zero-order valence-electron chi connectivity index (χ0n) is 10.4. The van der Waals surface area contributed by atoms with Crippen molar-refractivity contribution in [2.45, 2.75) is 12.6 Å². The molecule has 2 rings (SSSR count). The van der Waals surface area contributed by atoms with Crippen LogP contribution >= 0.6 is 27.3 Å². The van der Waals surface area contributed by atoms with Crippen LogP contribution in [0.4, 0.5) is 0 Å². The van der Waals surface area contributed by atoms with Crippen molar-refractivity contribution in [3.8, 4) is 0 Å². The minimum atomic E-state index is 0.632. The van der Waals surface area contributed by atoms with Crippen LogP contribution in [0.1, 0.15) is 4.88 Å². The topological polar surface area (TPSA) is 18.5 Å². The van der Waals surface area contributed by atoms with Crippen LogP contribution in [0.25, 0.3) is 0 Å². The van der Waals surface area contributed by atoms with E-state index in [9.17, 15) is 0 Å². The van der Waals surface area contributed by atoms with Crippen LogP contribution in [0.2, 0.25) is 0 Å². The van der Waals surface area contributed by atoms with Gasteiger partial charge >= 0.3 is 0 Å². The van der Waals surface area contributed by atoms with Gasteiger partial charge in [0.1, 0.15) is 0 Å². The Balaban J connectivity index is 1.76. The Labute approximate surface area is 116 Å². The molecule has 0 amide bonds. The largest absolute Gasteiger partial charge is 0.310 e. The van der Waals surface area contributed by atoms with Gasteiger partial charge in [0.25, 0.3) is 0 Å². The minimum absolute atomic E-state index is 0.632. The van der Waals surface area contributed by atoms with E-state index in [1.807, 2.05) is 0 Å². The third-order valence-electron chi connectivity index (χ3n) is 3.34. The van der Waals surface area contributed by atoms with E-state index in [-0.39, 0.29) is 0 Å². The first-order valence-electron chi connectivity index (χ1n) is 5.98. The molecule has 1 saturated heterocycles. The first kappa shape index (κ1) is 13.5. The van der Waals surface area contributed by atoms with Gasteiger partial charge in [-0.3, -0.25) is 4.90 Å². The summed E-state index contributed by atoms with van der Waals surface area (Å²) in [7, 11) is 4.43. The van der Waals surface area contributed by atoms with E-state index in [0.717, 1.165) is 19.6 Å². The highest BCUT2D eigenvalue weighted by molar-refractivity contribution is 9.10. The Bertz CT molecular complexity index is 355. The smallest absolute Gasteiger partial charge is 0.0345 e. The lowest BCUT2D eigenvalue weighted by Gasteiger charge is -2.37. The molecule has 0 spiro atoms. The summed E-state index contributed by atoms with van der Waals surface area (Å²) in [4.78, 5) is 6.25. The SMILES string of the molecule is CN1CCN(C)C(CNCc2sccc2Br)C1. The maximum atomic E-state index is 3.57. The van der Waals surface area contributed by atoms with Crippen molar-refractivity contribution in [1.82, 2.24) is 15.1 Å². The Kier molecular flexibility index (Phi) is 4.99. The lowest BCUT2D eigenvalue weighted by atomic mass is 10.2. The fourth-order valence-electron chi connectivity index (χ4n) is 2.13. The third-order valence-corrected chi connectivity index (χ3v) is 5.26. The van der Waals surface area contributed by atoms with Crippen LogP contribution in [0.3, 0.4) is 0 Å². The molecule has 0 saturated carbocycles. The number of hydrogen-bond donors (Lipinski definition) is 1. The Morgan fingerprint density at radius 2 is 2.29 bits per heavy atom. The van der Waals surface area contributed by atoms with Crippen molar-refractivity contribution in [2.24, 2.45) is 0 Å². The molecule has 5 heteroatoms. The molecule has 1 atom stereocenters. The molecular formula is C12H20BrN3S. The molecule has 17 heavy (non-hydrogen) atoms. The molecule has 1 aromatic rings. The number of likely N-dealkylation sites (N-methyl/N-ethyl adjacent to an activating group) is 2. The predicted molar refractivity (Wildman–Crippen MR) is 77.6 cm³/mol. The normalized spacial score (nSPS) is 23.1. The first-order chi connectivity index (χ1) is 8.16. The van der Waals surface area contributed by atoms with Gasteiger partial charge in [-0.15, -0.1) is 11.3 Å². The molecular weight excluding hydrogens is 298 g/mol. The summed E-state index contributed by atoms with van der Waals surface area (Å²) in [6.07, 6.45) is 0. The highest BCUT2D eigenvalue weighted by Gasteiger charge is 2.21. The zero-order chi connectivity index (χ0) is 12.3. The Hall–Kier alpha value is 0.0600. The molecule has 0 radical (unpaired) electrons. The van der Waals surface area contributed by atoms with Gasteiger partial charge in [-0.1, -0.05) is 0 Å². The molecule has 1 N–H and O–H groups in total. The predicted octanol–water partition coefficient (Wildman–Crippen LogP) is 1.85. The maximum absolute atomic E-state index is 3.57. The van der Waals surface area contributed by atoms with E-state index in [1.54, 1.807) is 11.3 Å². The number of nitrogens with one attached hydrogen (secondary N) is 1. The number of halogens is 1. The Morgan fingerprint density at radius 1 is 1.47 bits per heavy atom. The van der Waals surface area contributed by atoms with Gasteiger partial charge < -0.3 is 10.2 Å². The second-order valence-corrected chi connectivity index (χ2v) is 6.57. The molecule has 2 heterocycles. The quantitative estimate of drug-likeness (QED) is 0.914. The van der Waals surface area contributed by atoms with E-state index in [1.165, 1.54) is 22.4 Å². The highest BCUT2D eigenvalue weighted by atomic mass is 79.9. The average Bonchev–Trinajstić information content (AvgIpc) is 2.70. The molecule has 1 aliphatic rings. The van der Waals surface area contributed by atoms with Gasteiger partial charge in [0.2, 0.25) is 0 Å². The summed E-state index contributed by atoms with van der Waals surface area (Å²) >= 11 is 5.37. The van der Waals surface area contributed by atoms with E-state index < -0.39 is 0 Å². The Morgan fingerprint density at radius 3 is 3.00 bits per heavy atom. The maximum Gasteiger partial charge on any atom is 0.0345 e. The van der Waals surface area contributed by atoms with Crippen LogP contribution in [0, 0.1) is 0 Å². The van der Waals surface area contributed by atoms with Crippen molar-refractivity contribution < 1.29 is 0 Å². The fraction of sp³-hybridized carbons (Fsp3) is 0.667. The minimum Gasteiger partial charge on any atom is -0.310 e. The van der Waals surface area contributed by atoms with Crippen LogP contribution in [0.15, 0.2) is 15.9 Å². The molecule has 3 nitrogen and oxygen atoms in total. The van der Waals surface area contributed by atoms with Crippen molar-refractivity contribution in [3.05, 3.63) is 20.8 Å². The number of hydrogen-bond acceptors (Lipinski definition) is 4. The van der Waals surface area contributed by atoms with Gasteiger partial charge in [0.05, 0.1) is 0 Å². The van der Waals surface area contributed by atoms with Crippen molar-refractivity contribution in [3.63, 3.8) is 0 Å². The summed E-state index contributed by atoms with van der Waals surface area (Å²) in [5.74, 6) is 0. The standard InChI is InChI=1S/C12H20BrN3S/c1-15-4-5-16(2)10(9-15)7-14-8-12-11(13)3-6-17-12/h3,6,10,14H,4-5,7-9H2,1-2H3. The van der Waals surface area contributed by atoms with Crippen LogP contribution in [-0.4, -0.2) is 56.1 Å². The first-order valence-corrected chi connectivity index (χ1v) is 7.65. The number of rotatable bonds is 4. The van der Waals surface area contributed by atoms with Crippen LogP contribution in [-0.2, 0) is 6.54 Å². The number of piperazine rings is 1. The molecule has 0 bridgehead atoms. The van der Waals surface area contributed by atoms with Gasteiger partial charge in [0, 0.05) is 48.1 Å². The van der Waals surface area contributed by atoms with Crippen molar-refractivity contribution >= 4 is 27.3 Å². The lowest BCUT2D eigenvalue weighted by Crippen LogP contribution is -2.53. The van der Waals surface area contributed by atoms with Crippen LogP contribution < -0.4 is 5.32 Å². The monoisotopic (exact) mass is 317 g/mol. The average molecular weight is 318 g/mol. The number of thiophene rings is 1. The molecule has 0 aromatic carbocycles. The van der Waals surface area contributed by atoms with Gasteiger partial charge in [-0.25, -0.2) is 0 Å². The third kappa shape index (κ3) is 3.76. The van der Waals surface area contributed by atoms with E-state index >= 15 is 0 Å². The summed E-state index contributed by atoms with van der Waals surface area (Å²) < 4.78 is 1.23. The van der Waals surface area contributed by atoms with E-state index in [4.69, 9.17) is 0 Å². The van der Waals surface area contributed by atoms with Gasteiger partial charge in [-0.2, -0.15) is 0 Å². The molecule has 1 aliphatic heterocycles. The second-order valence-electron chi connectivity index (χ2n) is 4.72. The number of nitrogens with zero attached hydrogens (tertiary/aromatic N) is 2. The summed E-state index contributed by atoms with van der Waals surface area (Å²) in [6, 6.07) is 2.75.